The standard InChI is InChI=1S/C8H15N3S2/c1-2-10-8(9-1)11-5-7-6-12-3-4-13-7/h7H,1-6H2,(H2,9,10,11). The number of hydrogen-bond acceptors (Lipinski definition) is 5. The molecular weight excluding hydrogens is 202 g/mol. The Labute approximate surface area is 87.5 Å². The van der Waals surface area contributed by atoms with Crippen molar-refractivity contribution in [2.75, 3.05) is 36.9 Å². The highest BCUT2D eigenvalue weighted by Crippen LogP contribution is 2.23. The van der Waals surface area contributed by atoms with Crippen molar-refractivity contribution in [2.24, 2.45) is 4.99 Å². The molecule has 3 nitrogen and oxygen atoms in total. The fraction of sp³-hybridized carbons (Fsp3) is 0.875. The van der Waals surface area contributed by atoms with Crippen molar-refractivity contribution in [1.29, 1.82) is 0 Å². The van der Waals surface area contributed by atoms with Crippen LogP contribution in [0, 0.1) is 0 Å². The fourth-order valence-electron chi connectivity index (χ4n) is 1.38. The summed E-state index contributed by atoms with van der Waals surface area (Å²) in [5, 5.41) is 7.34. The molecular formula is C8H15N3S2. The lowest BCUT2D eigenvalue weighted by Gasteiger charge is -2.21. The first-order valence-corrected chi connectivity index (χ1v) is 6.87. The molecule has 2 N–H and O–H groups in total. The summed E-state index contributed by atoms with van der Waals surface area (Å²) in [4.78, 5) is 4.30. The summed E-state index contributed by atoms with van der Waals surface area (Å²) in [7, 11) is 0. The van der Waals surface area contributed by atoms with Crippen LogP contribution in [-0.4, -0.2) is 48.1 Å². The van der Waals surface area contributed by atoms with E-state index in [0.717, 1.165) is 30.8 Å². The molecule has 0 spiro atoms. The summed E-state index contributed by atoms with van der Waals surface area (Å²) in [5.74, 6) is 4.90. The molecule has 1 unspecified atom stereocenters. The van der Waals surface area contributed by atoms with Crippen molar-refractivity contribution in [2.45, 2.75) is 5.25 Å². The lowest BCUT2D eigenvalue weighted by molar-refractivity contribution is 0.833. The van der Waals surface area contributed by atoms with Crippen molar-refractivity contribution in [3.05, 3.63) is 0 Å². The van der Waals surface area contributed by atoms with Gasteiger partial charge in [0, 0.05) is 35.6 Å². The summed E-state index contributed by atoms with van der Waals surface area (Å²) >= 11 is 4.14. The maximum absolute atomic E-state index is 4.30. The number of nitrogens with zero attached hydrogens (tertiary/aromatic N) is 1. The summed E-state index contributed by atoms with van der Waals surface area (Å²) < 4.78 is 0. The van der Waals surface area contributed by atoms with E-state index in [4.69, 9.17) is 0 Å². The maximum atomic E-state index is 4.30. The molecule has 0 aromatic carbocycles. The largest absolute Gasteiger partial charge is 0.355 e. The number of nitrogens with one attached hydrogen (secondary N) is 2. The second-order valence-electron chi connectivity index (χ2n) is 3.11. The second-order valence-corrected chi connectivity index (χ2v) is 5.66. The molecule has 0 aromatic rings. The number of aliphatic imine (C=N–C) groups is 1. The summed E-state index contributed by atoms with van der Waals surface area (Å²) in [6, 6.07) is 0. The average Bonchev–Trinajstić information content (AvgIpc) is 2.69. The molecule has 2 rings (SSSR count). The van der Waals surface area contributed by atoms with Gasteiger partial charge in [-0.2, -0.15) is 23.5 Å². The third-order valence-corrected chi connectivity index (χ3v) is 4.90. The van der Waals surface area contributed by atoms with Gasteiger partial charge in [0.2, 0.25) is 0 Å². The summed E-state index contributed by atoms with van der Waals surface area (Å²) in [5.41, 5.74) is 0. The zero-order chi connectivity index (χ0) is 8.93. The zero-order valence-corrected chi connectivity index (χ0v) is 9.22. The third-order valence-electron chi connectivity index (χ3n) is 2.06. The van der Waals surface area contributed by atoms with Gasteiger partial charge in [0.25, 0.3) is 0 Å². The van der Waals surface area contributed by atoms with Crippen LogP contribution >= 0.6 is 23.5 Å². The minimum absolute atomic E-state index is 0.767. The van der Waals surface area contributed by atoms with Crippen LogP contribution in [-0.2, 0) is 0 Å². The van der Waals surface area contributed by atoms with E-state index < -0.39 is 0 Å². The molecule has 2 aliphatic heterocycles. The molecule has 1 fully saturated rings. The molecule has 1 atom stereocenters. The molecule has 0 amide bonds. The van der Waals surface area contributed by atoms with E-state index in [9.17, 15) is 0 Å². The van der Waals surface area contributed by atoms with Gasteiger partial charge in [-0.3, -0.25) is 4.99 Å². The van der Waals surface area contributed by atoms with Crippen molar-refractivity contribution in [1.82, 2.24) is 10.6 Å². The van der Waals surface area contributed by atoms with Gasteiger partial charge in [0.1, 0.15) is 0 Å². The molecule has 2 heterocycles. The van der Waals surface area contributed by atoms with Crippen LogP contribution in [0.1, 0.15) is 0 Å². The number of hydrogen-bond donors (Lipinski definition) is 2. The lowest BCUT2D eigenvalue weighted by Crippen LogP contribution is -2.39. The van der Waals surface area contributed by atoms with Crippen molar-refractivity contribution in [3.63, 3.8) is 0 Å². The molecule has 0 bridgehead atoms. The Hall–Kier alpha value is -0.0300. The smallest absolute Gasteiger partial charge is 0.191 e. The van der Waals surface area contributed by atoms with Crippen molar-refractivity contribution in [3.8, 4) is 0 Å². The van der Waals surface area contributed by atoms with E-state index in [1.165, 1.54) is 17.3 Å². The van der Waals surface area contributed by atoms with E-state index >= 15 is 0 Å². The first kappa shape index (κ1) is 9.52. The van der Waals surface area contributed by atoms with Gasteiger partial charge < -0.3 is 10.6 Å². The Balaban J connectivity index is 1.66. The topological polar surface area (TPSA) is 36.4 Å². The lowest BCUT2D eigenvalue weighted by atomic mass is 10.5. The first-order chi connectivity index (χ1) is 6.45. The van der Waals surface area contributed by atoms with Crippen LogP contribution in [0.4, 0.5) is 0 Å². The molecule has 13 heavy (non-hydrogen) atoms. The molecule has 0 saturated carbocycles. The maximum Gasteiger partial charge on any atom is 0.191 e. The third kappa shape index (κ3) is 2.98. The highest BCUT2D eigenvalue weighted by atomic mass is 32.2. The SMILES string of the molecule is C1CNC(NCC2CSCCS2)=N1. The van der Waals surface area contributed by atoms with E-state index in [2.05, 4.69) is 39.1 Å². The molecule has 2 aliphatic rings. The van der Waals surface area contributed by atoms with E-state index in [1.807, 2.05) is 0 Å². The van der Waals surface area contributed by atoms with Crippen LogP contribution in [0.15, 0.2) is 4.99 Å². The van der Waals surface area contributed by atoms with E-state index in [1.54, 1.807) is 0 Å². The molecule has 0 aliphatic carbocycles. The molecule has 0 aromatic heterocycles. The Bertz CT molecular complexity index is 190. The van der Waals surface area contributed by atoms with Gasteiger partial charge in [-0.05, 0) is 0 Å². The van der Waals surface area contributed by atoms with E-state index in [0.29, 0.717) is 0 Å². The van der Waals surface area contributed by atoms with Crippen molar-refractivity contribution < 1.29 is 0 Å². The van der Waals surface area contributed by atoms with Crippen molar-refractivity contribution >= 4 is 29.5 Å². The summed E-state index contributed by atoms with van der Waals surface area (Å²) in [6.45, 7) is 2.98. The Morgan fingerprint density at radius 3 is 3.23 bits per heavy atom. The van der Waals surface area contributed by atoms with Crippen LogP contribution in [0.5, 0.6) is 0 Å². The van der Waals surface area contributed by atoms with Crippen LogP contribution in [0.25, 0.3) is 0 Å². The van der Waals surface area contributed by atoms with Gasteiger partial charge in [-0.15, -0.1) is 0 Å². The minimum Gasteiger partial charge on any atom is -0.355 e. The molecule has 1 saturated heterocycles. The quantitative estimate of drug-likeness (QED) is 0.701. The predicted molar refractivity (Wildman–Crippen MR) is 61.9 cm³/mol. The number of rotatable bonds is 2. The highest BCUT2D eigenvalue weighted by Gasteiger charge is 2.14. The van der Waals surface area contributed by atoms with Crippen LogP contribution in [0.2, 0.25) is 0 Å². The average molecular weight is 217 g/mol. The van der Waals surface area contributed by atoms with E-state index in [-0.39, 0.29) is 0 Å². The highest BCUT2D eigenvalue weighted by molar-refractivity contribution is 8.06. The fourth-order valence-corrected chi connectivity index (χ4v) is 3.99. The monoisotopic (exact) mass is 217 g/mol. The van der Waals surface area contributed by atoms with Gasteiger partial charge in [-0.25, -0.2) is 0 Å². The van der Waals surface area contributed by atoms with Gasteiger partial charge in [-0.1, -0.05) is 0 Å². The first-order valence-electron chi connectivity index (χ1n) is 4.67. The number of thioether (sulfide) groups is 2. The summed E-state index contributed by atoms with van der Waals surface area (Å²) in [6.07, 6.45) is 0. The molecule has 5 heteroatoms. The normalized spacial score (nSPS) is 28.0. The minimum atomic E-state index is 0.767. The second kappa shape index (κ2) is 5.00. The Morgan fingerprint density at radius 1 is 1.54 bits per heavy atom. The van der Waals surface area contributed by atoms with Crippen LogP contribution in [0.3, 0.4) is 0 Å². The molecule has 74 valence electrons. The zero-order valence-electron chi connectivity index (χ0n) is 7.58. The predicted octanol–water partition coefficient (Wildman–Crippen LogP) is 0.384. The van der Waals surface area contributed by atoms with Gasteiger partial charge in [0.05, 0.1) is 6.54 Å². The Morgan fingerprint density at radius 2 is 2.54 bits per heavy atom. The van der Waals surface area contributed by atoms with Gasteiger partial charge >= 0.3 is 0 Å². The Kier molecular flexibility index (Phi) is 3.66. The van der Waals surface area contributed by atoms with Crippen LogP contribution < -0.4 is 10.6 Å². The van der Waals surface area contributed by atoms with Gasteiger partial charge in [0.15, 0.2) is 5.96 Å². The molecule has 0 radical (unpaired) electrons. The number of guanidine groups is 1.